The Bertz CT molecular complexity index is 716. The molecule has 2 aromatic carbocycles. The molecule has 112 valence electrons. The van der Waals surface area contributed by atoms with Crippen LogP contribution in [0.2, 0.25) is 0 Å². The van der Waals surface area contributed by atoms with Crippen molar-refractivity contribution in [3.05, 3.63) is 68.6 Å². The molecule has 5 heteroatoms. The van der Waals surface area contributed by atoms with Gasteiger partial charge in [0.15, 0.2) is 0 Å². The van der Waals surface area contributed by atoms with Gasteiger partial charge in [-0.3, -0.25) is 4.79 Å². The number of carbonyl (C=O) groups is 1. The van der Waals surface area contributed by atoms with Crippen LogP contribution < -0.4 is 5.43 Å². The van der Waals surface area contributed by atoms with E-state index < -0.39 is 0 Å². The molecule has 22 heavy (non-hydrogen) atoms. The van der Waals surface area contributed by atoms with Crippen molar-refractivity contribution in [2.75, 3.05) is 0 Å². The summed E-state index contributed by atoms with van der Waals surface area (Å²) in [6, 6.07) is 15.9. The molecule has 0 saturated heterocycles. The Balaban J connectivity index is 1.55. The number of carbonyl (C=O) groups excluding carboxylic acids is 1. The van der Waals surface area contributed by atoms with Crippen LogP contribution >= 0.6 is 31.9 Å². The number of nitrogens with zero attached hydrogens (tertiary/aromatic N) is 1. The Hall–Kier alpha value is -1.46. The van der Waals surface area contributed by atoms with Gasteiger partial charge < -0.3 is 0 Å². The molecule has 0 aliphatic heterocycles. The molecule has 0 aromatic heterocycles. The molecule has 2 atom stereocenters. The smallest absolute Gasteiger partial charge is 0.243 e. The van der Waals surface area contributed by atoms with E-state index in [2.05, 4.69) is 54.5 Å². The molecule has 2 unspecified atom stereocenters. The maximum Gasteiger partial charge on any atom is 0.243 e. The fraction of sp³-hybridized carbons (Fsp3) is 0.176. The molecular formula is C17H14Br2N2O. The molecule has 2 aromatic rings. The van der Waals surface area contributed by atoms with E-state index in [9.17, 15) is 4.79 Å². The number of benzene rings is 2. The Morgan fingerprint density at radius 1 is 1.14 bits per heavy atom. The highest BCUT2D eigenvalue weighted by atomic mass is 79.9. The molecule has 1 saturated carbocycles. The topological polar surface area (TPSA) is 41.5 Å². The fourth-order valence-corrected chi connectivity index (χ4v) is 3.04. The van der Waals surface area contributed by atoms with E-state index in [4.69, 9.17) is 0 Å². The number of hydrazone groups is 1. The highest BCUT2D eigenvalue weighted by molar-refractivity contribution is 9.13. The average molecular weight is 422 g/mol. The monoisotopic (exact) mass is 420 g/mol. The third kappa shape index (κ3) is 3.65. The number of hydrogen-bond donors (Lipinski definition) is 1. The molecule has 1 aliphatic rings. The first-order valence-corrected chi connectivity index (χ1v) is 8.56. The van der Waals surface area contributed by atoms with Gasteiger partial charge in [-0.25, -0.2) is 5.43 Å². The summed E-state index contributed by atoms with van der Waals surface area (Å²) in [5.74, 6) is 0.357. The van der Waals surface area contributed by atoms with Crippen LogP contribution in [0.3, 0.4) is 0 Å². The summed E-state index contributed by atoms with van der Waals surface area (Å²) in [5.41, 5.74) is 4.78. The fourth-order valence-electron chi connectivity index (χ4n) is 2.40. The van der Waals surface area contributed by atoms with Crippen LogP contribution in [-0.4, -0.2) is 12.1 Å². The van der Waals surface area contributed by atoms with E-state index in [0.29, 0.717) is 5.92 Å². The van der Waals surface area contributed by atoms with Crippen molar-refractivity contribution >= 4 is 44.0 Å². The minimum absolute atomic E-state index is 0.0127. The van der Waals surface area contributed by atoms with E-state index in [-0.39, 0.29) is 11.8 Å². The summed E-state index contributed by atoms with van der Waals surface area (Å²) in [6.07, 6.45) is 2.55. The second-order valence-electron chi connectivity index (χ2n) is 5.27. The maximum atomic E-state index is 12.1. The van der Waals surface area contributed by atoms with Crippen LogP contribution in [0, 0.1) is 5.92 Å². The first-order valence-electron chi connectivity index (χ1n) is 6.98. The van der Waals surface area contributed by atoms with Crippen LogP contribution in [0.25, 0.3) is 0 Å². The summed E-state index contributed by atoms with van der Waals surface area (Å²) in [5, 5.41) is 4.04. The van der Waals surface area contributed by atoms with Crippen molar-refractivity contribution in [3.8, 4) is 0 Å². The van der Waals surface area contributed by atoms with Crippen LogP contribution in [-0.2, 0) is 4.79 Å². The molecule has 1 aliphatic carbocycles. The van der Waals surface area contributed by atoms with Gasteiger partial charge >= 0.3 is 0 Å². The van der Waals surface area contributed by atoms with Crippen molar-refractivity contribution in [1.29, 1.82) is 0 Å². The van der Waals surface area contributed by atoms with Gasteiger partial charge in [-0.2, -0.15) is 5.10 Å². The number of amides is 1. The second kappa shape index (κ2) is 6.75. The predicted molar refractivity (Wildman–Crippen MR) is 94.9 cm³/mol. The maximum absolute atomic E-state index is 12.1. The lowest BCUT2D eigenvalue weighted by Gasteiger charge is -2.00. The zero-order valence-corrected chi connectivity index (χ0v) is 14.8. The standard InChI is InChI=1S/C17H14Br2N2O/c18-15-7-6-11(8-16(15)19)10-20-21-17(22)14-9-13(14)12-4-2-1-3-5-12/h1-8,10,13-14H,9H2,(H,21,22)/b20-10+. The first kappa shape index (κ1) is 15.4. The molecule has 0 radical (unpaired) electrons. The lowest BCUT2D eigenvalue weighted by Crippen LogP contribution is -2.20. The molecule has 0 spiro atoms. The van der Waals surface area contributed by atoms with Crippen molar-refractivity contribution in [2.45, 2.75) is 12.3 Å². The van der Waals surface area contributed by atoms with E-state index in [1.165, 1.54) is 5.56 Å². The summed E-state index contributed by atoms with van der Waals surface area (Å²) in [7, 11) is 0. The van der Waals surface area contributed by atoms with Gasteiger partial charge in [0.25, 0.3) is 0 Å². The average Bonchev–Trinajstić information content (AvgIpc) is 3.32. The van der Waals surface area contributed by atoms with Gasteiger partial charge in [0, 0.05) is 14.9 Å². The normalized spacial score (nSPS) is 20.1. The van der Waals surface area contributed by atoms with Gasteiger partial charge in [-0.15, -0.1) is 0 Å². The largest absolute Gasteiger partial charge is 0.273 e. The summed E-state index contributed by atoms with van der Waals surface area (Å²) >= 11 is 6.85. The Kier molecular flexibility index (Phi) is 4.74. The van der Waals surface area contributed by atoms with Crippen LogP contribution in [0.15, 0.2) is 62.6 Å². The van der Waals surface area contributed by atoms with Gasteiger partial charge in [-0.1, -0.05) is 36.4 Å². The summed E-state index contributed by atoms with van der Waals surface area (Å²) in [4.78, 5) is 12.1. The lowest BCUT2D eigenvalue weighted by molar-refractivity contribution is -0.122. The van der Waals surface area contributed by atoms with E-state index in [1.807, 2.05) is 36.4 Å². The second-order valence-corrected chi connectivity index (χ2v) is 6.98. The van der Waals surface area contributed by atoms with E-state index in [1.54, 1.807) is 6.21 Å². The Labute approximate surface area is 146 Å². The van der Waals surface area contributed by atoms with E-state index >= 15 is 0 Å². The van der Waals surface area contributed by atoms with Crippen molar-refractivity contribution in [2.24, 2.45) is 11.0 Å². The third-order valence-corrected chi connectivity index (χ3v) is 5.57. The molecule has 1 amide bonds. The highest BCUT2D eigenvalue weighted by Gasteiger charge is 2.43. The van der Waals surface area contributed by atoms with Gasteiger partial charge in [-0.05, 0) is 67.5 Å². The first-order chi connectivity index (χ1) is 10.6. The number of rotatable bonds is 4. The molecule has 1 fully saturated rings. The van der Waals surface area contributed by atoms with Crippen molar-refractivity contribution in [3.63, 3.8) is 0 Å². The van der Waals surface area contributed by atoms with Gasteiger partial charge in [0.05, 0.1) is 6.21 Å². The van der Waals surface area contributed by atoms with E-state index in [0.717, 1.165) is 20.9 Å². The van der Waals surface area contributed by atoms with Crippen molar-refractivity contribution < 1.29 is 4.79 Å². The number of nitrogens with one attached hydrogen (secondary N) is 1. The highest BCUT2D eigenvalue weighted by Crippen LogP contribution is 2.47. The Morgan fingerprint density at radius 3 is 2.64 bits per heavy atom. The molecule has 0 bridgehead atoms. The van der Waals surface area contributed by atoms with Gasteiger partial charge in [0.2, 0.25) is 5.91 Å². The van der Waals surface area contributed by atoms with Crippen LogP contribution in [0.1, 0.15) is 23.5 Å². The third-order valence-electron chi connectivity index (χ3n) is 3.69. The summed E-state index contributed by atoms with van der Waals surface area (Å²) in [6.45, 7) is 0. The van der Waals surface area contributed by atoms with Crippen LogP contribution in [0.5, 0.6) is 0 Å². The van der Waals surface area contributed by atoms with Crippen LogP contribution in [0.4, 0.5) is 0 Å². The molecule has 1 N–H and O–H groups in total. The molecular weight excluding hydrogens is 408 g/mol. The lowest BCUT2D eigenvalue weighted by atomic mass is 10.1. The zero-order chi connectivity index (χ0) is 15.5. The molecule has 0 heterocycles. The molecule has 3 nitrogen and oxygen atoms in total. The van der Waals surface area contributed by atoms with Crippen molar-refractivity contribution in [1.82, 2.24) is 5.43 Å². The quantitative estimate of drug-likeness (QED) is 0.574. The minimum Gasteiger partial charge on any atom is -0.273 e. The number of halogens is 2. The molecule has 3 rings (SSSR count). The summed E-state index contributed by atoms with van der Waals surface area (Å²) < 4.78 is 1.94. The Morgan fingerprint density at radius 2 is 1.91 bits per heavy atom. The minimum atomic E-state index is -0.0127. The zero-order valence-electron chi connectivity index (χ0n) is 11.7. The predicted octanol–water partition coefficient (Wildman–Crippen LogP) is 4.47. The van der Waals surface area contributed by atoms with Gasteiger partial charge in [0.1, 0.15) is 0 Å². The number of hydrogen-bond acceptors (Lipinski definition) is 2. The SMILES string of the molecule is O=C(N/N=C/c1ccc(Br)c(Br)c1)C1CC1c1ccccc1.